The Hall–Kier alpha value is -8.54. The van der Waals surface area contributed by atoms with E-state index in [0.29, 0.717) is 0 Å². The summed E-state index contributed by atoms with van der Waals surface area (Å²) in [6, 6.07) is 71.1. The van der Waals surface area contributed by atoms with E-state index in [9.17, 15) is 0 Å². The molecule has 12 aromatic rings. The molecule has 2 aliphatic carbocycles. The minimum atomic E-state index is -0.366. The molecule has 0 spiro atoms. The van der Waals surface area contributed by atoms with Crippen LogP contribution < -0.4 is 20.6 Å². The highest BCUT2D eigenvalue weighted by atomic mass is 16.3. The lowest BCUT2D eigenvalue weighted by molar-refractivity contribution is 0.590. The molecule has 0 unspecified atom stereocenters. The molecule has 5 heteroatoms. The normalized spacial score (nSPS) is 15.3. The van der Waals surface area contributed by atoms with E-state index < -0.39 is 0 Å². The largest absolute Gasteiger partial charge is 0.455 e. The number of nitrogens with zero attached hydrogens (tertiary/aromatic N) is 3. The highest BCUT2D eigenvalue weighted by Crippen LogP contribution is 2.59. The fourth-order valence-corrected chi connectivity index (χ4v) is 15.9. The second kappa shape index (κ2) is 17.6. The van der Waals surface area contributed by atoms with E-state index in [1.54, 1.807) is 0 Å². The fourth-order valence-electron chi connectivity index (χ4n) is 15.9. The Kier molecular flexibility index (Phi) is 10.9. The number of hydrogen-bond acceptors (Lipinski definition) is 3. The molecule has 0 N–H and O–H groups in total. The lowest BCUT2D eigenvalue weighted by atomic mass is 9.43. The molecular weight excluding hydrogens is 1050 g/mol. The van der Waals surface area contributed by atoms with Crippen LogP contribution >= 0.6 is 0 Å². The van der Waals surface area contributed by atoms with Gasteiger partial charge in [0.15, 0.2) is 0 Å². The van der Waals surface area contributed by atoms with Crippen molar-refractivity contribution in [3.05, 3.63) is 226 Å². The van der Waals surface area contributed by atoms with Gasteiger partial charge in [-0.05, 0) is 190 Å². The summed E-state index contributed by atoms with van der Waals surface area (Å²) in [5.41, 5.74) is 31.8. The second-order valence-electron chi connectivity index (χ2n) is 31.0. The van der Waals surface area contributed by atoms with Crippen LogP contribution in [0.3, 0.4) is 0 Å². The summed E-state index contributed by atoms with van der Waals surface area (Å²) >= 11 is 0. The first-order chi connectivity index (χ1) is 41.2. The zero-order chi connectivity index (χ0) is 60.6. The Bertz CT molecular complexity index is 4880. The van der Waals surface area contributed by atoms with E-state index in [4.69, 9.17) is 4.42 Å². The Morgan fingerprint density at radius 3 is 1.59 bits per heavy atom. The van der Waals surface area contributed by atoms with Crippen molar-refractivity contribution in [2.75, 3.05) is 9.71 Å². The van der Waals surface area contributed by atoms with Gasteiger partial charge in [-0.25, -0.2) is 0 Å². The lowest BCUT2D eigenvalue weighted by Gasteiger charge is -2.43. The molecule has 16 rings (SSSR count). The third-order valence-corrected chi connectivity index (χ3v) is 20.8. The van der Waals surface area contributed by atoms with Gasteiger partial charge in [0.2, 0.25) is 0 Å². The van der Waals surface area contributed by atoms with E-state index in [1.165, 1.54) is 133 Å². The minimum absolute atomic E-state index is 0.0206. The predicted octanol–water partition coefficient (Wildman–Crippen LogP) is 21.2. The number of anilines is 5. The topological polar surface area (TPSA) is 24.6 Å². The van der Waals surface area contributed by atoms with Crippen molar-refractivity contribution in [2.24, 2.45) is 0 Å². The van der Waals surface area contributed by atoms with Gasteiger partial charge in [-0.1, -0.05) is 208 Å². The molecule has 4 heterocycles. The van der Waals surface area contributed by atoms with E-state index in [2.05, 4.69) is 307 Å². The molecule has 0 amide bonds. The van der Waals surface area contributed by atoms with Gasteiger partial charge in [-0.2, -0.15) is 0 Å². The van der Waals surface area contributed by atoms with Gasteiger partial charge in [-0.3, -0.25) is 0 Å². The number of para-hydroxylation sites is 1. The lowest BCUT2D eigenvalue weighted by Crippen LogP contribution is -2.60. The van der Waals surface area contributed by atoms with Gasteiger partial charge in [0, 0.05) is 66.7 Å². The molecule has 0 radical (unpaired) electrons. The molecule has 10 aromatic carbocycles. The Labute approximate surface area is 514 Å². The van der Waals surface area contributed by atoms with Crippen molar-refractivity contribution in [3.63, 3.8) is 0 Å². The van der Waals surface area contributed by atoms with Crippen LogP contribution in [0.1, 0.15) is 155 Å². The van der Waals surface area contributed by atoms with Crippen LogP contribution in [0.15, 0.2) is 186 Å². The molecule has 0 fully saturated rings. The van der Waals surface area contributed by atoms with Crippen LogP contribution in [0.4, 0.5) is 28.4 Å². The first-order valence-electron chi connectivity index (χ1n) is 31.7. The molecular formula is C82H78BN3O. The van der Waals surface area contributed by atoms with E-state index in [-0.39, 0.29) is 39.3 Å². The fraction of sp³-hybridized carbons (Fsp3) is 0.268. The van der Waals surface area contributed by atoms with Crippen LogP contribution in [0.25, 0.3) is 82.8 Å². The summed E-state index contributed by atoms with van der Waals surface area (Å²) in [4.78, 5) is 5.22. The molecule has 87 heavy (non-hydrogen) atoms. The van der Waals surface area contributed by atoms with Gasteiger partial charge in [-0.15, -0.1) is 0 Å². The maximum Gasteiger partial charge on any atom is 0.333 e. The van der Waals surface area contributed by atoms with Crippen LogP contribution in [0, 0.1) is 0 Å². The summed E-state index contributed by atoms with van der Waals surface area (Å²) < 4.78 is 10.1. The standard InChI is InChI=1S/C82H78BN3O/c1-77(2,3)47-25-32-51(33-26-47)84(52-34-27-48(28-35-52)78(4,5)6)54-38-39-56-58-43-61-68(46-65(58)82(15,16)63(56)42-54)86(53-36-29-49(30-37-53)79(7,8)9)83-66-45-64-59(55-21-17-19-23-62(55)81(64,13)14)44-69(66)85-67-40-31-50(80(10,11)12)41-60(67)73-75(85)74(83)71(61)72-57-22-18-20-24-70(57)87-76(72)73/h17-46H,1-16H3. The average Bonchev–Trinajstić information content (AvgIpc) is 1.57. The summed E-state index contributed by atoms with van der Waals surface area (Å²) in [5, 5.41) is 4.76. The third-order valence-electron chi connectivity index (χ3n) is 20.8. The third kappa shape index (κ3) is 7.57. The number of hydrogen-bond donors (Lipinski definition) is 0. The first kappa shape index (κ1) is 53.9. The number of fused-ring (bicyclic) bond motifs is 19. The van der Waals surface area contributed by atoms with E-state index in [1.807, 2.05) is 0 Å². The number of aromatic nitrogens is 1. The van der Waals surface area contributed by atoms with Crippen molar-refractivity contribution < 1.29 is 4.42 Å². The highest BCUT2D eigenvalue weighted by molar-refractivity contribution is 6.94. The van der Waals surface area contributed by atoms with Crippen LogP contribution in [0.5, 0.6) is 0 Å². The van der Waals surface area contributed by atoms with Gasteiger partial charge in [0.25, 0.3) is 0 Å². The second-order valence-corrected chi connectivity index (χ2v) is 31.0. The van der Waals surface area contributed by atoms with Gasteiger partial charge in [0.05, 0.1) is 16.4 Å². The highest BCUT2D eigenvalue weighted by Gasteiger charge is 2.49. The molecule has 0 saturated heterocycles. The van der Waals surface area contributed by atoms with Gasteiger partial charge < -0.3 is 18.7 Å². The van der Waals surface area contributed by atoms with E-state index in [0.717, 1.165) is 33.6 Å². The van der Waals surface area contributed by atoms with E-state index >= 15 is 0 Å². The van der Waals surface area contributed by atoms with Crippen molar-refractivity contribution >= 4 is 90.0 Å². The summed E-state index contributed by atoms with van der Waals surface area (Å²) in [6.45, 7) is 37.3. The van der Waals surface area contributed by atoms with Crippen molar-refractivity contribution in [1.29, 1.82) is 0 Å². The van der Waals surface area contributed by atoms with Gasteiger partial charge >= 0.3 is 6.85 Å². The number of rotatable bonds is 4. The summed E-state index contributed by atoms with van der Waals surface area (Å²) in [7, 11) is 0. The molecule has 2 aromatic heterocycles. The molecule has 0 bridgehead atoms. The van der Waals surface area contributed by atoms with Crippen LogP contribution in [0.2, 0.25) is 0 Å². The molecule has 4 nitrogen and oxygen atoms in total. The van der Waals surface area contributed by atoms with Crippen molar-refractivity contribution in [3.8, 4) is 39.1 Å². The molecule has 0 atom stereocenters. The first-order valence-corrected chi connectivity index (χ1v) is 31.7. The molecule has 4 aliphatic rings. The summed E-state index contributed by atoms with van der Waals surface area (Å²) in [5.74, 6) is 0. The maximum atomic E-state index is 7.45. The smallest absolute Gasteiger partial charge is 0.333 e. The molecule has 0 saturated carbocycles. The molecule has 2 aliphatic heterocycles. The zero-order valence-corrected chi connectivity index (χ0v) is 53.6. The summed E-state index contributed by atoms with van der Waals surface area (Å²) in [6.07, 6.45) is 0. The van der Waals surface area contributed by atoms with Gasteiger partial charge in [0.1, 0.15) is 11.2 Å². The predicted molar refractivity (Wildman–Crippen MR) is 372 cm³/mol. The Morgan fingerprint density at radius 1 is 0.414 bits per heavy atom. The maximum absolute atomic E-state index is 7.45. The minimum Gasteiger partial charge on any atom is -0.455 e. The SMILES string of the molecule is CC(C)(C)c1ccc(N2B3c4cc5c(cc4-n4c6ccc(C(C)(C)C)cc6c6c7oc8ccccc8c7c(c3c64)-c3cc4c(cc32)C(C)(C)c2cc(N(c3ccc(C(C)(C)C)cc3)c3ccc(C(C)(C)C)cc3)ccc2-4)-c2ccccc2C5(C)C)cc1. The Morgan fingerprint density at radius 2 is 0.943 bits per heavy atom. The van der Waals surface area contributed by atoms with Crippen molar-refractivity contribution in [2.45, 2.75) is 143 Å². The zero-order valence-electron chi connectivity index (χ0n) is 53.6. The number of benzene rings is 10. The van der Waals surface area contributed by atoms with Crippen molar-refractivity contribution in [1.82, 2.24) is 4.57 Å². The molecule has 430 valence electrons. The average molecular weight is 1130 g/mol. The monoisotopic (exact) mass is 1130 g/mol. The Balaban J connectivity index is 1.01. The van der Waals surface area contributed by atoms with Crippen LogP contribution in [-0.4, -0.2) is 11.4 Å². The number of furan rings is 1. The van der Waals surface area contributed by atoms with Crippen LogP contribution in [-0.2, 0) is 32.5 Å². The quantitative estimate of drug-likeness (QED) is 0.164.